The summed E-state index contributed by atoms with van der Waals surface area (Å²) >= 11 is 1.41. The van der Waals surface area contributed by atoms with Crippen LogP contribution in [0.3, 0.4) is 0 Å². The van der Waals surface area contributed by atoms with Gasteiger partial charge in [0.2, 0.25) is 0 Å². The van der Waals surface area contributed by atoms with Crippen LogP contribution in [-0.4, -0.2) is 37.7 Å². The van der Waals surface area contributed by atoms with E-state index in [-0.39, 0.29) is 30.2 Å². The summed E-state index contributed by atoms with van der Waals surface area (Å²) in [4.78, 5) is 26.5. The molecule has 0 unspecified atom stereocenters. The summed E-state index contributed by atoms with van der Waals surface area (Å²) in [6, 6.07) is 6.99. The smallest absolute Gasteiger partial charge is 0.341 e. The summed E-state index contributed by atoms with van der Waals surface area (Å²) in [7, 11) is 1.59. The van der Waals surface area contributed by atoms with E-state index >= 15 is 0 Å². The number of carbonyl (C=O) groups is 2. The van der Waals surface area contributed by atoms with Gasteiger partial charge in [0.05, 0.1) is 19.3 Å². The van der Waals surface area contributed by atoms with E-state index in [1.807, 2.05) is 0 Å². The number of carbonyl (C=O) groups excluding carboxylic acids is 2. The Bertz CT molecular complexity index is 963. The number of ether oxygens (including phenoxy) is 3. The monoisotopic (exact) mass is 446 g/mol. The number of hydrogen-bond acceptors (Lipinski definition) is 7. The molecule has 2 N–H and O–H groups in total. The van der Waals surface area contributed by atoms with Gasteiger partial charge in [0.15, 0.2) is 6.61 Å². The van der Waals surface area contributed by atoms with Crippen molar-refractivity contribution in [1.82, 2.24) is 5.32 Å². The highest BCUT2D eigenvalue weighted by Crippen LogP contribution is 2.45. The van der Waals surface area contributed by atoms with Gasteiger partial charge in [-0.3, -0.25) is 4.79 Å². The first kappa shape index (κ1) is 23.1. The van der Waals surface area contributed by atoms with E-state index in [1.165, 1.54) is 11.3 Å². The van der Waals surface area contributed by atoms with Crippen molar-refractivity contribution in [2.75, 3.05) is 25.6 Å². The number of amides is 1. The van der Waals surface area contributed by atoms with Gasteiger partial charge in [-0.05, 0) is 70.9 Å². The second-order valence-electron chi connectivity index (χ2n) is 8.66. The van der Waals surface area contributed by atoms with Crippen LogP contribution in [-0.2, 0) is 21.5 Å². The van der Waals surface area contributed by atoms with Gasteiger partial charge >= 0.3 is 5.97 Å². The highest BCUT2D eigenvalue weighted by Gasteiger charge is 2.42. The summed E-state index contributed by atoms with van der Waals surface area (Å²) in [6.45, 7) is 10.2. The number of hydrogen-bond donors (Lipinski definition) is 2. The third-order valence-electron chi connectivity index (χ3n) is 5.01. The third kappa shape index (κ3) is 5.19. The zero-order valence-corrected chi connectivity index (χ0v) is 19.7. The van der Waals surface area contributed by atoms with Crippen LogP contribution in [0.25, 0.3) is 0 Å². The number of nitrogens with one attached hydrogen (secondary N) is 2. The van der Waals surface area contributed by atoms with Crippen molar-refractivity contribution in [2.45, 2.75) is 52.1 Å². The van der Waals surface area contributed by atoms with Crippen LogP contribution in [0.15, 0.2) is 24.3 Å². The number of methoxy groups -OCH3 is 1. The van der Waals surface area contributed by atoms with Crippen LogP contribution in [0.1, 0.15) is 55.4 Å². The molecule has 0 bridgehead atoms. The lowest BCUT2D eigenvalue weighted by Gasteiger charge is -2.42. The minimum atomic E-state index is -0.417. The van der Waals surface area contributed by atoms with Crippen LogP contribution < -0.4 is 20.1 Å². The molecule has 0 aliphatic carbocycles. The van der Waals surface area contributed by atoms with E-state index in [2.05, 4.69) is 38.3 Å². The number of benzene rings is 1. The Morgan fingerprint density at radius 1 is 1.13 bits per heavy atom. The minimum absolute atomic E-state index is 0.176. The van der Waals surface area contributed by atoms with Crippen LogP contribution in [0.2, 0.25) is 0 Å². The topological polar surface area (TPSA) is 85.9 Å². The first-order valence-corrected chi connectivity index (χ1v) is 11.1. The number of anilines is 1. The molecule has 3 rings (SSSR count). The molecule has 0 atom stereocenters. The van der Waals surface area contributed by atoms with Crippen LogP contribution in [0, 0.1) is 0 Å². The largest absolute Gasteiger partial charge is 0.497 e. The predicted octanol–water partition coefficient (Wildman–Crippen LogP) is 4.11. The summed E-state index contributed by atoms with van der Waals surface area (Å²) in [5.74, 6) is 0.503. The van der Waals surface area contributed by atoms with Gasteiger partial charge in [0.25, 0.3) is 5.91 Å². The number of rotatable bonds is 7. The maximum atomic E-state index is 12.8. The maximum Gasteiger partial charge on any atom is 0.341 e. The van der Waals surface area contributed by atoms with Gasteiger partial charge in [0, 0.05) is 16.0 Å². The molecule has 0 radical (unpaired) electrons. The Hall–Kier alpha value is -2.58. The van der Waals surface area contributed by atoms with Gasteiger partial charge < -0.3 is 24.8 Å². The molecule has 2 aromatic rings. The van der Waals surface area contributed by atoms with Gasteiger partial charge in [0.1, 0.15) is 16.5 Å². The molecule has 31 heavy (non-hydrogen) atoms. The SMILES string of the molecule is CCOC(=O)c1c(NC(=O)COc2ccc(OC)cc2)sc2c1CC(C)(C)NC2(C)C. The molecule has 168 valence electrons. The van der Waals surface area contributed by atoms with Crippen LogP contribution in [0.4, 0.5) is 5.00 Å². The van der Waals surface area contributed by atoms with Crippen LogP contribution >= 0.6 is 11.3 Å². The average Bonchev–Trinajstić information content (AvgIpc) is 3.04. The standard InChI is InChI=1S/C23H30N2O5S/c1-7-29-21(27)18-16-12-22(2,3)25-23(4,5)19(16)31-20(18)24-17(26)13-30-15-10-8-14(28-6)9-11-15/h8-11,25H,7,12-13H2,1-6H3,(H,24,26). The molecule has 1 aromatic heterocycles. The molecule has 0 saturated heterocycles. The first-order chi connectivity index (χ1) is 14.6. The Labute approximate surface area is 187 Å². The highest BCUT2D eigenvalue weighted by atomic mass is 32.1. The highest BCUT2D eigenvalue weighted by molar-refractivity contribution is 7.17. The Balaban J connectivity index is 1.83. The van der Waals surface area contributed by atoms with Crippen molar-refractivity contribution in [3.8, 4) is 11.5 Å². The average molecular weight is 447 g/mol. The molecule has 1 aliphatic heterocycles. The fraction of sp³-hybridized carbons (Fsp3) is 0.478. The summed E-state index contributed by atoms with van der Waals surface area (Å²) in [5, 5.41) is 6.99. The normalized spacial score (nSPS) is 16.2. The van der Waals surface area contributed by atoms with E-state index in [0.29, 0.717) is 28.5 Å². The molecule has 0 spiro atoms. The number of thiophene rings is 1. The maximum absolute atomic E-state index is 12.8. The molecule has 1 aliphatic rings. The van der Waals surface area contributed by atoms with Crippen LogP contribution in [0.5, 0.6) is 11.5 Å². The van der Waals surface area contributed by atoms with Gasteiger partial charge in [-0.15, -0.1) is 11.3 Å². The number of esters is 1. The van der Waals surface area contributed by atoms with Crippen molar-refractivity contribution in [3.05, 3.63) is 40.3 Å². The van der Waals surface area contributed by atoms with Crippen molar-refractivity contribution >= 4 is 28.2 Å². The molecule has 8 heteroatoms. The summed E-state index contributed by atoms with van der Waals surface area (Å²) in [6.07, 6.45) is 0.661. The number of fused-ring (bicyclic) bond motifs is 1. The van der Waals surface area contributed by atoms with E-state index in [9.17, 15) is 9.59 Å². The van der Waals surface area contributed by atoms with Crippen molar-refractivity contribution in [1.29, 1.82) is 0 Å². The van der Waals surface area contributed by atoms with Crippen molar-refractivity contribution in [2.24, 2.45) is 0 Å². The van der Waals surface area contributed by atoms with Crippen molar-refractivity contribution < 1.29 is 23.8 Å². The fourth-order valence-corrected chi connectivity index (χ4v) is 5.30. The fourth-order valence-electron chi connectivity index (χ4n) is 4.02. The zero-order valence-electron chi connectivity index (χ0n) is 18.9. The zero-order chi connectivity index (χ0) is 22.8. The van der Waals surface area contributed by atoms with E-state index in [1.54, 1.807) is 38.3 Å². The summed E-state index contributed by atoms with van der Waals surface area (Å²) in [5.41, 5.74) is 0.842. The van der Waals surface area contributed by atoms with Gasteiger partial charge in [-0.2, -0.15) is 0 Å². The molecular weight excluding hydrogens is 416 g/mol. The summed E-state index contributed by atoms with van der Waals surface area (Å²) < 4.78 is 16.0. The molecule has 0 saturated carbocycles. The van der Waals surface area contributed by atoms with E-state index < -0.39 is 5.97 Å². The molecule has 1 amide bonds. The van der Waals surface area contributed by atoms with Gasteiger partial charge in [-0.1, -0.05) is 0 Å². The molecule has 1 aromatic carbocycles. The van der Waals surface area contributed by atoms with E-state index in [4.69, 9.17) is 14.2 Å². The second-order valence-corrected chi connectivity index (χ2v) is 9.68. The molecule has 7 nitrogen and oxygen atoms in total. The molecule has 2 heterocycles. The lowest BCUT2D eigenvalue weighted by atomic mass is 9.81. The quantitative estimate of drug-likeness (QED) is 0.623. The van der Waals surface area contributed by atoms with E-state index in [0.717, 1.165) is 10.4 Å². The first-order valence-electron chi connectivity index (χ1n) is 10.3. The Kier molecular flexibility index (Phi) is 6.62. The second kappa shape index (κ2) is 8.88. The predicted molar refractivity (Wildman–Crippen MR) is 121 cm³/mol. The Morgan fingerprint density at radius 2 is 1.77 bits per heavy atom. The lowest BCUT2D eigenvalue weighted by Crippen LogP contribution is -2.55. The molecule has 0 fully saturated rings. The third-order valence-corrected chi connectivity index (χ3v) is 6.48. The van der Waals surface area contributed by atoms with Crippen molar-refractivity contribution in [3.63, 3.8) is 0 Å². The van der Waals surface area contributed by atoms with Gasteiger partial charge in [-0.25, -0.2) is 4.79 Å². The molecular formula is C23H30N2O5S. The lowest BCUT2D eigenvalue weighted by molar-refractivity contribution is -0.118. The Morgan fingerprint density at radius 3 is 2.39 bits per heavy atom. The minimum Gasteiger partial charge on any atom is -0.497 e.